The Bertz CT molecular complexity index is 1220. The lowest BCUT2D eigenvalue weighted by Gasteiger charge is -2.01. The number of fused-ring (bicyclic) bond motifs is 7. The van der Waals surface area contributed by atoms with Crippen molar-refractivity contribution in [1.29, 1.82) is 0 Å². The molecule has 0 aliphatic heterocycles. The molecule has 0 bridgehead atoms. The number of nitrogens with zero attached hydrogens (tertiary/aromatic N) is 1. The molecular weight excluding hydrogens is 294 g/mol. The summed E-state index contributed by atoms with van der Waals surface area (Å²) in [7, 11) is 2.16. The van der Waals surface area contributed by atoms with E-state index in [9.17, 15) is 0 Å². The van der Waals surface area contributed by atoms with Crippen LogP contribution >= 0.6 is 0 Å². The van der Waals surface area contributed by atoms with Gasteiger partial charge in [-0.25, -0.2) is 0 Å². The van der Waals surface area contributed by atoms with Crippen molar-refractivity contribution in [2.75, 3.05) is 0 Å². The van der Waals surface area contributed by atoms with Crippen LogP contribution in [0.5, 0.6) is 0 Å². The molecule has 2 heterocycles. The van der Waals surface area contributed by atoms with E-state index < -0.39 is 0 Å². The van der Waals surface area contributed by atoms with Crippen molar-refractivity contribution in [2.24, 2.45) is 7.05 Å². The first-order valence-corrected chi connectivity index (χ1v) is 8.59. The van der Waals surface area contributed by atoms with Crippen LogP contribution in [0.15, 0.2) is 59.0 Å². The zero-order valence-corrected chi connectivity index (χ0v) is 14.0. The SMILES string of the molecule is CCCc1ccc2c3c4c(ccc3n(C)c2c1)oc1ccccc14. The summed E-state index contributed by atoms with van der Waals surface area (Å²) in [5.41, 5.74) is 5.89. The molecule has 2 heteroatoms. The molecule has 2 aromatic heterocycles. The first-order valence-electron chi connectivity index (χ1n) is 8.59. The quantitative estimate of drug-likeness (QED) is 0.380. The Balaban J connectivity index is 2.01. The first-order chi connectivity index (χ1) is 11.8. The number of furan rings is 1. The average molecular weight is 313 g/mol. The monoisotopic (exact) mass is 313 g/mol. The predicted molar refractivity (Wildman–Crippen MR) is 102 cm³/mol. The highest BCUT2D eigenvalue weighted by atomic mass is 16.3. The molecule has 0 aliphatic carbocycles. The second-order valence-electron chi connectivity index (χ2n) is 6.59. The van der Waals surface area contributed by atoms with Crippen molar-refractivity contribution in [3.63, 3.8) is 0 Å². The average Bonchev–Trinajstić information content (AvgIpc) is 3.11. The van der Waals surface area contributed by atoms with Gasteiger partial charge in [-0.1, -0.05) is 43.7 Å². The Kier molecular flexibility index (Phi) is 2.78. The fraction of sp³-hybridized carbons (Fsp3) is 0.182. The number of aromatic nitrogens is 1. The summed E-state index contributed by atoms with van der Waals surface area (Å²) >= 11 is 0. The number of benzene rings is 3. The molecule has 0 fully saturated rings. The molecule has 0 saturated heterocycles. The molecule has 5 aromatic rings. The smallest absolute Gasteiger partial charge is 0.136 e. The predicted octanol–water partition coefficient (Wildman–Crippen LogP) is 6.18. The molecule has 0 unspecified atom stereocenters. The third-order valence-electron chi connectivity index (χ3n) is 5.11. The van der Waals surface area contributed by atoms with Crippen LogP contribution in [-0.2, 0) is 13.5 Å². The Morgan fingerprint density at radius 1 is 0.833 bits per heavy atom. The zero-order valence-electron chi connectivity index (χ0n) is 14.0. The van der Waals surface area contributed by atoms with Gasteiger partial charge in [-0.3, -0.25) is 0 Å². The molecule has 0 aliphatic rings. The van der Waals surface area contributed by atoms with Crippen LogP contribution in [-0.4, -0.2) is 4.57 Å². The van der Waals surface area contributed by atoms with E-state index in [0.717, 1.165) is 17.6 Å². The summed E-state index contributed by atoms with van der Waals surface area (Å²) in [6, 6.07) is 19.5. The van der Waals surface area contributed by atoms with Crippen LogP contribution in [0.1, 0.15) is 18.9 Å². The molecule has 5 rings (SSSR count). The summed E-state index contributed by atoms with van der Waals surface area (Å²) in [6.45, 7) is 2.23. The topological polar surface area (TPSA) is 18.1 Å². The van der Waals surface area contributed by atoms with Gasteiger partial charge in [-0.15, -0.1) is 0 Å². The van der Waals surface area contributed by atoms with Crippen molar-refractivity contribution in [2.45, 2.75) is 19.8 Å². The molecule has 0 radical (unpaired) electrons. The van der Waals surface area contributed by atoms with Gasteiger partial charge >= 0.3 is 0 Å². The van der Waals surface area contributed by atoms with Crippen LogP contribution in [0.2, 0.25) is 0 Å². The van der Waals surface area contributed by atoms with Crippen molar-refractivity contribution >= 4 is 43.7 Å². The maximum absolute atomic E-state index is 6.07. The van der Waals surface area contributed by atoms with Crippen LogP contribution in [0.4, 0.5) is 0 Å². The normalized spacial score (nSPS) is 12.1. The van der Waals surface area contributed by atoms with E-state index >= 15 is 0 Å². The third-order valence-corrected chi connectivity index (χ3v) is 5.11. The molecule has 0 spiro atoms. The Morgan fingerprint density at radius 3 is 2.58 bits per heavy atom. The van der Waals surface area contributed by atoms with E-state index in [1.807, 2.05) is 12.1 Å². The Morgan fingerprint density at radius 2 is 1.71 bits per heavy atom. The fourth-order valence-electron chi connectivity index (χ4n) is 4.00. The number of hydrogen-bond donors (Lipinski definition) is 0. The molecule has 24 heavy (non-hydrogen) atoms. The summed E-state index contributed by atoms with van der Waals surface area (Å²) in [4.78, 5) is 0. The molecule has 2 nitrogen and oxygen atoms in total. The Hall–Kier alpha value is -2.74. The zero-order chi connectivity index (χ0) is 16.3. The van der Waals surface area contributed by atoms with Gasteiger partial charge in [-0.05, 0) is 36.2 Å². The van der Waals surface area contributed by atoms with Gasteiger partial charge < -0.3 is 8.98 Å². The molecule has 0 amide bonds. The highest BCUT2D eigenvalue weighted by molar-refractivity contribution is 6.26. The summed E-state index contributed by atoms with van der Waals surface area (Å²) in [6.07, 6.45) is 2.30. The van der Waals surface area contributed by atoms with Gasteiger partial charge in [0.05, 0.1) is 0 Å². The van der Waals surface area contributed by atoms with Gasteiger partial charge in [0.2, 0.25) is 0 Å². The van der Waals surface area contributed by atoms with E-state index in [4.69, 9.17) is 4.42 Å². The standard InChI is InChI=1S/C22H19NO/c1-3-6-14-9-10-15-18(13-14)23(2)17-11-12-20-22(21(15)17)16-7-4-5-8-19(16)24-20/h4-5,7-13H,3,6H2,1-2H3. The Labute approximate surface area is 140 Å². The highest BCUT2D eigenvalue weighted by Gasteiger charge is 2.16. The van der Waals surface area contributed by atoms with Crippen molar-refractivity contribution < 1.29 is 4.42 Å². The van der Waals surface area contributed by atoms with E-state index in [2.05, 4.69) is 61.0 Å². The minimum atomic E-state index is 0.958. The summed E-state index contributed by atoms with van der Waals surface area (Å²) in [5.74, 6) is 0. The van der Waals surface area contributed by atoms with E-state index in [1.54, 1.807) is 0 Å². The third kappa shape index (κ3) is 1.71. The fourth-order valence-corrected chi connectivity index (χ4v) is 4.00. The number of aryl methyl sites for hydroxylation is 2. The lowest BCUT2D eigenvalue weighted by Crippen LogP contribution is -1.88. The maximum Gasteiger partial charge on any atom is 0.136 e. The van der Waals surface area contributed by atoms with Gasteiger partial charge in [0.25, 0.3) is 0 Å². The lowest BCUT2D eigenvalue weighted by atomic mass is 10.0. The van der Waals surface area contributed by atoms with Crippen LogP contribution in [0.25, 0.3) is 43.7 Å². The van der Waals surface area contributed by atoms with E-state index in [-0.39, 0.29) is 0 Å². The van der Waals surface area contributed by atoms with Gasteiger partial charge in [0.1, 0.15) is 11.2 Å². The number of rotatable bonds is 2. The minimum Gasteiger partial charge on any atom is -0.456 e. The van der Waals surface area contributed by atoms with Gasteiger partial charge in [0, 0.05) is 39.6 Å². The minimum absolute atomic E-state index is 0.958. The summed E-state index contributed by atoms with van der Waals surface area (Å²) in [5, 5.41) is 5.04. The molecular formula is C22H19NO. The van der Waals surface area contributed by atoms with Crippen LogP contribution in [0.3, 0.4) is 0 Å². The van der Waals surface area contributed by atoms with E-state index in [0.29, 0.717) is 0 Å². The number of hydrogen-bond acceptors (Lipinski definition) is 1. The molecule has 0 N–H and O–H groups in total. The first kappa shape index (κ1) is 13.7. The van der Waals surface area contributed by atoms with Crippen molar-refractivity contribution in [1.82, 2.24) is 4.57 Å². The molecule has 118 valence electrons. The lowest BCUT2D eigenvalue weighted by molar-refractivity contribution is 0.669. The second kappa shape index (κ2) is 4.88. The molecule has 0 saturated carbocycles. The largest absolute Gasteiger partial charge is 0.456 e. The highest BCUT2D eigenvalue weighted by Crippen LogP contribution is 2.39. The van der Waals surface area contributed by atoms with Crippen molar-refractivity contribution in [3.05, 3.63) is 60.2 Å². The van der Waals surface area contributed by atoms with Gasteiger partial charge in [-0.2, -0.15) is 0 Å². The molecule has 0 atom stereocenters. The van der Waals surface area contributed by atoms with Crippen molar-refractivity contribution in [3.8, 4) is 0 Å². The summed E-state index contributed by atoms with van der Waals surface area (Å²) < 4.78 is 8.38. The van der Waals surface area contributed by atoms with Crippen LogP contribution < -0.4 is 0 Å². The maximum atomic E-state index is 6.07. The van der Waals surface area contributed by atoms with Gasteiger partial charge in [0.15, 0.2) is 0 Å². The van der Waals surface area contributed by atoms with E-state index in [1.165, 1.54) is 44.6 Å². The van der Waals surface area contributed by atoms with Crippen LogP contribution in [0, 0.1) is 0 Å². The second-order valence-corrected chi connectivity index (χ2v) is 6.59. The molecule has 3 aromatic carbocycles. The number of para-hydroxylation sites is 1.